The first kappa shape index (κ1) is 10.7. The quantitative estimate of drug-likeness (QED) is 0.357. The lowest BCUT2D eigenvalue weighted by Crippen LogP contribution is -1.61. The van der Waals surface area contributed by atoms with Gasteiger partial charge < -0.3 is 0 Å². The van der Waals surface area contributed by atoms with Crippen molar-refractivity contribution in [3.8, 4) is 10.4 Å². The smallest absolute Gasteiger partial charge is 0.0705 e. The lowest BCUT2D eigenvalue weighted by molar-refractivity contribution is 1.93. The number of hydrogen-bond acceptors (Lipinski definition) is 4. The van der Waals surface area contributed by atoms with Gasteiger partial charge in [0.15, 0.2) is 0 Å². The van der Waals surface area contributed by atoms with Crippen LogP contribution in [0.15, 0.2) is 32.7 Å². The zero-order valence-corrected chi connectivity index (χ0v) is 13.2. The fourth-order valence-corrected chi connectivity index (χ4v) is 7.22. The molecule has 0 aliphatic heterocycles. The maximum absolute atomic E-state index is 3.54. The molecule has 4 aromatic rings. The van der Waals surface area contributed by atoms with Crippen molar-refractivity contribution in [1.82, 2.24) is 0 Å². The van der Waals surface area contributed by atoms with E-state index >= 15 is 0 Å². The molecule has 4 rings (SSSR count). The fourth-order valence-electron chi connectivity index (χ4n) is 1.89. The summed E-state index contributed by atoms with van der Waals surface area (Å²) in [5.74, 6) is 0. The summed E-state index contributed by atoms with van der Waals surface area (Å²) in [6.07, 6.45) is 0. The Hall–Kier alpha value is -0.200. The van der Waals surface area contributed by atoms with E-state index in [9.17, 15) is 0 Å². The van der Waals surface area contributed by atoms with E-state index in [1.807, 2.05) is 34.0 Å². The molecule has 4 heterocycles. The van der Waals surface area contributed by atoms with E-state index in [1.165, 1.54) is 33.0 Å². The van der Waals surface area contributed by atoms with Gasteiger partial charge in [0, 0.05) is 20.5 Å². The Labute approximate surface area is 122 Å². The van der Waals surface area contributed by atoms with Gasteiger partial charge in [-0.15, -0.1) is 45.3 Å². The third-order valence-corrected chi connectivity index (χ3v) is 7.79. The molecule has 17 heavy (non-hydrogen) atoms. The Balaban J connectivity index is 2.07. The van der Waals surface area contributed by atoms with Crippen molar-refractivity contribution in [3.63, 3.8) is 0 Å². The molecule has 0 aliphatic carbocycles. The molecule has 0 aliphatic rings. The molecule has 4 aromatic heterocycles. The molecule has 0 N–H and O–H groups in total. The molecule has 0 saturated heterocycles. The first-order valence-corrected chi connectivity index (χ1v) is 9.14. The molecule has 0 saturated carbocycles. The van der Waals surface area contributed by atoms with Crippen LogP contribution in [0.1, 0.15) is 0 Å². The summed E-state index contributed by atoms with van der Waals surface area (Å²) in [4.78, 5) is 1.36. The Bertz CT molecular complexity index is 814. The van der Waals surface area contributed by atoms with Gasteiger partial charge in [-0.1, -0.05) is 0 Å². The predicted octanol–water partition coefficient (Wildman–Crippen LogP) is 6.67. The molecule has 0 atom stereocenters. The van der Waals surface area contributed by atoms with Crippen LogP contribution in [0.5, 0.6) is 0 Å². The number of rotatable bonds is 1. The summed E-state index contributed by atoms with van der Waals surface area (Å²) < 4.78 is 6.99. The van der Waals surface area contributed by atoms with Gasteiger partial charge in [-0.3, -0.25) is 0 Å². The van der Waals surface area contributed by atoms with Crippen LogP contribution in [-0.2, 0) is 0 Å². The molecule has 0 aromatic carbocycles. The lowest BCUT2D eigenvalue weighted by atomic mass is 10.3. The van der Waals surface area contributed by atoms with Gasteiger partial charge in [0.25, 0.3) is 0 Å². The molecule has 0 unspecified atom stereocenters. The minimum Gasteiger partial charge on any atom is -0.141 e. The average Bonchev–Trinajstić information content (AvgIpc) is 2.96. The van der Waals surface area contributed by atoms with E-state index < -0.39 is 0 Å². The first-order chi connectivity index (χ1) is 8.33. The highest BCUT2D eigenvalue weighted by Gasteiger charge is 2.14. The normalized spacial score (nSPS) is 11.8. The maximum Gasteiger partial charge on any atom is 0.0705 e. The summed E-state index contributed by atoms with van der Waals surface area (Å²) in [6.45, 7) is 0. The van der Waals surface area contributed by atoms with Gasteiger partial charge in [0.05, 0.1) is 17.9 Å². The molecule has 0 amide bonds. The van der Waals surface area contributed by atoms with Gasteiger partial charge in [-0.25, -0.2) is 0 Å². The average molecular weight is 357 g/mol. The second-order valence-corrected chi connectivity index (χ2v) is 8.94. The standard InChI is InChI=1S/C12H5BrS4/c13-9-2-1-7(16-9)6-5-15-12-10(6)17-8-3-4-14-11(8)12/h1-5H. The van der Waals surface area contributed by atoms with E-state index in [4.69, 9.17) is 0 Å². The monoisotopic (exact) mass is 356 g/mol. The zero-order valence-electron chi connectivity index (χ0n) is 8.40. The second kappa shape index (κ2) is 3.90. The highest BCUT2D eigenvalue weighted by atomic mass is 79.9. The molecule has 84 valence electrons. The van der Waals surface area contributed by atoms with Crippen molar-refractivity contribution in [1.29, 1.82) is 0 Å². The van der Waals surface area contributed by atoms with Crippen molar-refractivity contribution >= 4 is 80.1 Å². The molecule has 0 fully saturated rings. The van der Waals surface area contributed by atoms with E-state index in [1.54, 1.807) is 11.3 Å². The molecule has 5 heteroatoms. The van der Waals surface area contributed by atoms with Gasteiger partial charge in [0.1, 0.15) is 0 Å². The van der Waals surface area contributed by atoms with Crippen LogP contribution in [0.2, 0.25) is 0 Å². The summed E-state index contributed by atoms with van der Waals surface area (Å²) in [5.41, 5.74) is 1.40. The van der Waals surface area contributed by atoms with Crippen molar-refractivity contribution in [2.75, 3.05) is 0 Å². The van der Waals surface area contributed by atoms with Gasteiger partial charge in [-0.05, 0) is 39.5 Å². The minimum atomic E-state index is 1.20. The van der Waals surface area contributed by atoms with Crippen LogP contribution in [0, 0.1) is 0 Å². The molecule has 0 bridgehead atoms. The fraction of sp³-hybridized carbons (Fsp3) is 0. The van der Waals surface area contributed by atoms with Crippen molar-refractivity contribution in [2.45, 2.75) is 0 Å². The number of fused-ring (bicyclic) bond motifs is 3. The molecule has 0 spiro atoms. The summed E-state index contributed by atoms with van der Waals surface area (Å²) in [6, 6.07) is 6.55. The van der Waals surface area contributed by atoms with Gasteiger partial charge in [-0.2, -0.15) is 0 Å². The van der Waals surface area contributed by atoms with Gasteiger partial charge >= 0.3 is 0 Å². The number of thiophene rings is 4. The topological polar surface area (TPSA) is 0 Å². The zero-order chi connectivity index (χ0) is 11.4. The van der Waals surface area contributed by atoms with Gasteiger partial charge in [0.2, 0.25) is 0 Å². The predicted molar refractivity (Wildman–Crippen MR) is 86.1 cm³/mol. The molecular formula is C12H5BrS4. The minimum absolute atomic E-state index is 1.20. The maximum atomic E-state index is 3.54. The SMILES string of the molecule is Brc1ccc(-c2csc3c2sc2ccsc23)s1. The van der Waals surface area contributed by atoms with Crippen molar-refractivity contribution in [2.24, 2.45) is 0 Å². The molecular weight excluding hydrogens is 352 g/mol. The summed E-state index contributed by atoms with van der Waals surface area (Å²) >= 11 is 11.0. The Morgan fingerprint density at radius 3 is 2.65 bits per heavy atom. The summed E-state index contributed by atoms with van der Waals surface area (Å²) in [5, 5.41) is 4.47. The molecule has 0 radical (unpaired) electrons. The highest BCUT2D eigenvalue weighted by molar-refractivity contribution is 9.11. The third-order valence-electron chi connectivity index (χ3n) is 2.63. The molecule has 0 nitrogen and oxygen atoms in total. The Morgan fingerprint density at radius 2 is 1.82 bits per heavy atom. The van der Waals surface area contributed by atoms with Crippen LogP contribution in [-0.4, -0.2) is 0 Å². The van der Waals surface area contributed by atoms with Crippen LogP contribution in [0.25, 0.3) is 29.2 Å². The number of halogens is 1. The van der Waals surface area contributed by atoms with E-state index in [0.717, 1.165) is 0 Å². The van der Waals surface area contributed by atoms with Crippen LogP contribution < -0.4 is 0 Å². The van der Waals surface area contributed by atoms with E-state index in [2.05, 4.69) is 44.9 Å². The van der Waals surface area contributed by atoms with E-state index in [0.29, 0.717) is 0 Å². The van der Waals surface area contributed by atoms with E-state index in [-0.39, 0.29) is 0 Å². The van der Waals surface area contributed by atoms with Crippen molar-refractivity contribution in [3.05, 3.63) is 32.7 Å². The largest absolute Gasteiger partial charge is 0.141 e. The highest BCUT2D eigenvalue weighted by Crippen LogP contribution is 2.47. The van der Waals surface area contributed by atoms with Crippen molar-refractivity contribution < 1.29 is 0 Å². The van der Waals surface area contributed by atoms with Crippen LogP contribution >= 0.6 is 61.3 Å². The Kier molecular flexibility index (Phi) is 2.45. The number of hydrogen-bond donors (Lipinski definition) is 0. The lowest BCUT2D eigenvalue weighted by Gasteiger charge is -1.89. The Morgan fingerprint density at radius 1 is 0.882 bits per heavy atom. The second-order valence-electron chi connectivity index (χ2n) is 3.63. The summed E-state index contributed by atoms with van der Waals surface area (Å²) in [7, 11) is 0. The third kappa shape index (κ3) is 1.57. The van der Waals surface area contributed by atoms with Crippen LogP contribution in [0.3, 0.4) is 0 Å². The first-order valence-electron chi connectivity index (χ1n) is 4.96. The van der Waals surface area contributed by atoms with Crippen LogP contribution in [0.4, 0.5) is 0 Å².